The van der Waals surface area contributed by atoms with Crippen LogP contribution < -0.4 is 5.32 Å². The molecule has 1 aromatic carbocycles. The molecule has 0 unspecified atom stereocenters. The Morgan fingerprint density at radius 2 is 2.11 bits per heavy atom. The van der Waals surface area contributed by atoms with Crippen LogP contribution in [0.1, 0.15) is 16.7 Å². The van der Waals surface area contributed by atoms with Gasteiger partial charge in [-0.2, -0.15) is 5.26 Å². The van der Waals surface area contributed by atoms with Crippen molar-refractivity contribution in [3.63, 3.8) is 0 Å². The van der Waals surface area contributed by atoms with Crippen LogP contribution in [0.25, 0.3) is 0 Å². The molecule has 0 atom stereocenters. The first kappa shape index (κ1) is 12.3. The largest absolute Gasteiger partial charge is 0.338 e. The van der Waals surface area contributed by atoms with E-state index < -0.39 is 0 Å². The SMILES string of the molecule is Cc1cc(C)c(Nc2ncncc2C#N)c(Cl)c1. The van der Waals surface area contributed by atoms with Gasteiger partial charge in [-0.05, 0) is 31.0 Å². The number of nitrogens with zero attached hydrogens (tertiary/aromatic N) is 3. The van der Waals surface area contributed by atoms with E-state index in [4.69, 9.17) is 16.9 Å². The second kappa shape index (κ2) is 5.03. The molecule has 2 rings (SSSR count). The Morgan fingerprint density at radius 3 is 2.78 bits per heavy atom. The van der Waals surface area contributed by atoms with Crippen molar-refractivity contribution in [1.29, 1.82) is 5.26 Å². The summed E-state index contributed by atoms with van der Waals surface area (Å²) < 4.78 is 0. The Kier molecular flexibility index (Phi) is 3.45. The quantitative estimate of drug-likeness (QED) is 0.897. The molecule has 0 aliphatic carbocycles. The van der Waals surface area contributed by atoms with Crippen LogP contribution in [0.3, 0.4) is 0 Å². The van der Waals surface area contributed by atoms with Gasteiger partial charge in [0.1, 0.15) is 18.0 Å². The number of rotatable bonds is 2. The second-order valence-electron chi connectivity index (χ2n) is 3.96. The Balaban J connectivity index is 2.44. The lowest BCUT2D eigenvalue weighted by Crippen LogP contribution is -2.00. The van der Waals surface area contributed by atoms with E-state index in [-0.39, 0.29) is 0 Å². The zero-order valence-corrected chi connectivity index (χ0v) is 10.8. The van der Waals surface area contributed by atoms with Crippen LogP contribution in [-0.2, 0) is 0 Å². The summed E-state index contributed by atoms with van der Waals surface area (Å²) in [6.45, 7) is 3.93. The molecule has 0 saturated heterocycles. The molecule has 0 fully saturated rings. The number of nitriles is 1. The van der Waals surface area contributed by atoms with Gasteiger partial charge in [-0.1, -0.05) is 17.7 Å². The number of benzene rings is 1. The number of hydrogen-bond acceptors (Lipinski definition) is 4. The summed E-state index contributed by atoms with van der Waals surface area (Å²) in [5, 5.41) is 12.7. The molecule has 0 radical (unpaired) electrons. The second-order valence-corrected chi connectivity index (χ2v) is 4.37. The average Bonchev–Trinajstić information content (AvgIpc) is 2.34. The Bertz CT molecular complexity index is 608. The first-order valence-electron chi connectivity index (χ1n) is 5.35. The Hall–Kier alpha value is -2.12. The summed E-state index contributed by atoms with van der Waals surface area (Å²) in [6.07, 6.45) is 2.85. The van der Waals surface area contributed by atoms with E-state index in [0.29, 0.717) is 16.4 Å². The predicted octanol–water partition coefficient (Wildman–Crippen LogP) is 3.36. The minimum Gasteiger partial charge on any atom is -0.338 e. The molecule has 1 N–H and O–H groups in total. The van der Waals surface area contributed by atoms with Gasteiger partial charge >= 0.3 is 0 Å². The fourth-order valence-corrected chi connectivity index (χ4v) is 2.07. The Labute approximate surface area is 110 Å². The minimum absolute atomic E-state index is 0.383. The van der Waals surface area contributed by atoms with Crippen molar-refractivity contribution in [3.05, 3.63) is 46.4 Å². The minimum atomic E-state index is 0.383. The molecule has 0 spiro atoms. The fraction of sp³-hybridized carbons (Fsp3) is 0.154. The van der Waals surface area contributed by atoms with Gasteiger partial charge in [0.2, 0.25) is 0 Å². The summed E-state index contributed by atoms with van der Waals surface area (Å²) >= 11 is 6.19. The molecule has 2 aromatic rings. The number of aryl methyl sites for hydroxylation is 2. The van der Waals surface area contributed by atoms with Gasteiger partial charge in [0, 0.05) is 0 Å². The lowest BCUT2D eigenvalue weighted by atomic mass is 10.1. The van der Waals surface area contributed by atoms with E-state index in [1.54, 1.807) is 0 Å². The van der Waals surface area contributed by atoms with Crippen LogP contribution >= 0.6 is 11.6 Å². The monoisotopic (exact) mass is 258 g/mol. The average molecular weight is 259 g/mol. The van der Waals surface area contributed by atoms with Crippen LogP contribution in [0.2, 0.25) is 5.02 Å². The summed E-state index contributed by atoms with van der Waals surface area (Å²) in [5.41, 5.74) is 3.24. The third-order valence-electron chi connectivity index (χ3n) is 2.51. The molecule has 90 valence electrons. The van der Waals surface area contributed by atoms with Gasteiger partial charge in [-0.25, -0.2) is 9.97 Å². The molecule has 0 aliphatic rings. The molecule has 5 heteroatoms. The van der Waals surface area contributed by atoms with E-state index in [9.17, 15) is 0 Å². The van der Waals surface area contributed by atoms with Crippen LogP contribution in [0.5, 0.6) is 0 Å². The maximum atomic E-state index is 8.98. The van der Waals surface area contributed by atoms with Gasteiger partial charge in [-0.3, -0.25) is 0 Å². The number of anilines is 2. The third-order valence-corrected chi connectivity index (χ3v) is 2.81. The van der Waals surface area contributed by atoms with Crippen molar-refractivity contribution in [3.8, 4) is 6.07 Å². The smallest absolute Gasteiger partial charge is 0.151 e. The van der Waals surface area contributed by atoms with Crippen LogP contribution in [0.4, 0.5) is 11.5 Å². The van der Waals surface area contributed by atoms with E-state index in [1.165, 1.54) is 12.5 Å². The molecule has 18 heavy (non-hydrogen) atoms. The van der Waals surface area contributed by atoms with Gasteiger partial charge in [0.25, 0.3) is 0 Å². The van der Waals surface area contributed by atoms with E-state index in [1.807, 2.05) is 32.0 Å². The normalized spacial score (nSPS) is 9.89. The van der Waals surface area contributed by atoms with Crippen molar-refractivity contribution in [2.24, 2.45) is 0 Å². The topological polar surface area (TPSA) is 61.6 Å². The molecule has 1 heterocycles. The highest BCUT2D eigenvalue weighted by Crippen LogP contribution is 2.30. The lowest BCUT2D eigenvalue weighted by Gasteiger charge is -2.12. The van der Waals surface area contributed by atoms with Gasteiger partial charge in [0.05, 0.1) is 16.9 Å². The molecule has 1 aromatic heterocycles. The molecule has 4 nitrogen and oxygen atoms in total. The van der Waals surface area contributed by atoms with E-state index in [0.717, 1.165) is 16.8 Å². The highest BCUT2D eigenvalue weighted by molar-refractivity contribution is 6.33. The van der Waals surface area contributed by atoms with Gasteiger partial charge in [0.15, 0.2) is 5.82 Å². The number of halogens is 1. The summed E-state index contributed by atoms with van der Waals surface area (Å²) in [7, 11) is 0. The maximum absolute atomic E-state index is 8.98. The van der Waals surface area contributed by atoms with Gasteiger partial charge in [-0.15, -0.1) is 0 Å². The van der Waals surface area contributed by atoms with Gasteiger partial charge < -0.3 is 5.32 Å². The van der Waals surface area contributed by atoms with Crippen molar-refractivity contribution in [2.75, 3.05) is 5.32 Å². The lowest BCUT2D eigenvalue weighted by molar-refractivity contribution is 1.15. The zero-order chi connectivity index (χ0) is 13.1. The van der Waals surface area contributed by atoms with E-state index >= 15 is 0 Å². The number of hydrogen-bond donors (Lipinski definition) is 1. The molecule has 0 aliphatic heterocycles. The number of nitrogens with one attached hydrogen (secondary N) is 1. The first-order valence-corrected chi connectivity index (χ1v) is 5.73. The van der Waals surface area contributed by atoms with Crippen molar-refractivity contribution >= 4 is 23.1 Å². The fourth-order valence-electron chi connectivity index (χ4n) is 1.70. The van der Waals surface area contributed by atoms with Crippen LogP contribution in [0.15, 0.2) is 24.7 Å². The standard InChI is InChI=1S/C13H11ClN4/c1-8-3-9(2)12(11(14)4-8)18-13-10(5-15)6-16-7-17-13/h3-4,6-7H,1-2H3,(H,16,17,18). The first-order chi connectivity index (χ1) is 8.61. The van der Waals surface area contributed by atoms with Crippen molar-refractivity contribution in [2.45, 2.75) is 13.8 Å². The predicted molar refractivity (Wildman–Crippen MR) is 71.0 cm³/mol. The molecule has 0 bridgehead atoms. The maximum Gasteiger partial charge on any atom is 0.151 e. The summed E-state index contributed by atoms with van der Waals surface area (Å²) in [4.78, 5) is 7.86. The molecule has 0 amide bonds. The highest BCUT2D eigenvalue weighted by Gasteiger charge is 2.09. The molecule has 0 saturated carbocycles. The van der Waals surface area contributed by atoms with E-state index in [2.05, 4.69) is 15.3 Å². The Morgan fingerprint density at radius 1 is 1.33 bits per heavy atom. The van der Waals surface area contributed by atoms with Crippen molar-refractivity contribution < 1.29 is 0 Å². The molecular formula is C13H11ClN4. The molecular weight excluding hydrogens is 248 g/mol. The zero-order valence-electron chi connectivity index (χ0n) is 10.0. The van der Waals surface area contributed by atoms with Crippen molar-refractivity contribution in [1.82, 2.24) is 9.97 Å². The number of aromatic nitrogens is 2. The highest BCUT2D eigenvalue weighted by atomic mass is 35.5. The van der Waals surface area contributed by atoms with Crippen LogP contribution in [0, 0.1) is 25.2 Å². The summed E-state index contributed by atoms with van der Waals surface area (Å²) in [5.74, 6) is 0.460. The summed E-state index contributed by atoms with van der Waals surface area (Å²) in [6, 6.07) is 5.92. The third kappa shape index (κ3) is 2.41. The van der Waals surface area contributed by atoms with Crippen LogP contribution in [-0.4, -0.2) is 9.97 Å².